The number of anilines is 1. The van der Waals surface area contributed by atoms with E-state index in [0.29, 0.717) is 31.8 Å². The minimum absolute atomic E-state index is 0.0491. The lowest BCUT2D eigenvalue weighted by Crippen LogP contribution is -2.47. The highest BCUT2D eigenvalue weighted by Crippen LogP contribution is 2.44. The van der Waals surface area contributed by atoms with Crippen LogP contribution in [0.4, 0.5) is 5.69 Å². The van der Waals surface area contributed by atoms with Gasteiger partial charge in [0.25, 0.3) is 0 Å². The molecule has 0 unspecified atom stereocenters. The number of cyclic esters (lactones) is 1. The number of carbonyl (C=O) groups excluding carboxylic acids is 1. The van der Waals surface area contributed by atoms with Crippen LogP contribution in [0.5, 0.6) is 0 Å². The van der Waals surface area contributed by atoms with Gasteiger partial charge in [0.1, 0.15) is 6.10 Å². The Hall–Kier alpha value is -1.64. The van der Waals surface area contributed by atoms with Gasteiger partial charge in [0, 0.05) is 57.9 Å². The van der Waals surface area contributed by atoms with Gasteiger partial charge in [-0.3, -0.25) is 9.69 Å². The van der Waals surface area contributed by atoms with Crippen LogP contribution in [0.15, 0.2) is 24.3 Å². The van der Waals surface area contributed by atoms with Crippen LogP contribution in [0.2, 0.25) is 0 Å². The monoisotopic (exact) mass is 463 g/mol. The van der Waals surface area contributed by atoms with Crippen molar-refractivity contribution in [2.75, 3.05) is 57.0 Å². The molecule has 1 spiro atoms. The zero-order valence-corrected chi connectivity index (χ0v) is 20.4. The second-order valence-corrected chi connectivity index (χ2v) is 12.0. The highest BCUT2D eigenvalue weighted by Gasteiger charge is 2.51. The summed E-state index contributed by atoms with van der Waals surface area (Å²) in [6.45, 7) is 10.3. The zero-order chi connectivity index (χ0) is 22.9. The Kier molecular flexibility index (Phi) is 6.84. The summed E-state index contributed by atoms with van der Waals surface area (Å²) in [5, 5.41) is 0. The molecule has 1 atom stereocenters. The van der Waals surface area contributed by atoms with Crippen molar-refractivity contribution in [3.63, 3.8) is 0 Å². The van der Waals surface area contributed by atoms with E-state index in [2.05, 4.69) is 47.9 Å². The number of hydrogen-bond acceptors (Lipinski definition) is 6. The summed E-state index contributed by atoms with van der Waals surface area (Å²) in [4.78, 5) is 17.6. The Balaban J connectivity index is 1.25. The molecule has 4 rings (SSSR count). The van der Waals surface area contributed by atoms with E-state index in [1.54, 1.807) is 0 Å². The molecule has 3 aliphatic heterocycles. The quantitative estimate of drug-likeness (QED) is 0.604. The van der Waals surface area contributed by atoms with E-state index in [0.717, 1.165) is 45.6 Å². The van der Waals surface area contributed by atoms with Crippen molar-refractivity contribution in [2.24, 2.45) is 5.41 Å². The Morgan fingerprint density at radius 2 is 1.72 bits per heavy atom. The number of benzene rings is 1. The summed E-state index contributed by atoms with van der Waals surface area (Å²) in [5.74, 6) is 0.392. The van der Waals surface area contributed by atoms with Gasteiger partial charge in [-0.25, -0.2) is 12.7 Å². The van der Waals surface area contributed by atoms with E-state index in [1.807, 2.05) is 0 Å². The predicted molar refractivity (Wildman–Crippen MR) is 126 cm³/mol. The maximum absolute atomic E-state index is 12.6. The summed E-state index contributed by atoms with van der Waals surface area (Å²) >= 11 is 0. The van der Waals surface area contributed by atoms with Gasteiger partial charge in [-0.1, -0.05) is 32.0 Å². The fourth-order valence-electron chi connectivity index (χ4n) is 5.45. The first-order chi connectivity index (χ1) is 15.2. The van der Waals surface area contributed by atoms with Crippen LogP contribution in [-0.2, 0) is 19.6 Å². The van der Waals surface area contributed by atoms with Crippen LogP contribution in [0.3, 0.4) is 0 Å². The number of esters is 1. The van der Waals surface area contributed by atoms with Crippen LogP contribution in [0, 0.1) is 5.41 Å². The normalized spacial score (nSPS) is 24.9. The van der Waals surface area contributed by atoms with Crippen LogP contribution < -0.4 is 4.90 Å². The van der Waals surface area contributed by atoms with Gasteiger partial charge in [0.2, 0.25) is 10.0 Å². The molecule has 0 amide bonds. The van der Waals surface area contributed by atoms with Gasteiger partial charge in [0.05, 0.1) is 11.7 Å². The Labute approximate surface area is 192 Å². The minimum atomic E-state index is -3.19. The summed E-state index contributed by atoms with van der Waals surface area (Å²) in [6, 6.07) is 8.71. The third kappa shape index (κ3) is 4.97. The molecule has 3 heterocycles. The molecule has 0 saturated carbocycles. The number of carbonyl (C=O) groups is 1. The number of sulfonamides is 1. The molecule has 7 nitrogen and oxygen atoms in total. The largest absolute Gasteiger partial charge is 0.462 e. The number of para-hydroxylation sites is 1. The average Bonchev–Trinajstić information content (AvgIpc) is 3.07. The first-order valence-electron chi connectivity index (χ1n) is 11.9. The van der Waals surface area contributed by atoms with Gasteiger partial charge in [-0.05, 0) is 36.8 Å². The molecule has 32 heavy (non-hydrogen) atoms. The Morgan fingerprint density at radius 1 is 1.06 bits per heavy atom. The average molecular weight is 464 g/mol. The maximum atomic E-state index is 12.6. The standard InChI is InChI=1S/C24H37N3O4S/c1-19(2)21-6-4-5-7-22(21)26-16-14-25(15-17-26)11-8-20-18-24(23(28)31-20)9-12-27(13-10-24)32(3,29)30/h4-7,19-20H,8-18H2,1-3H3/t20-/m1/s1. The first kappa shape index (κ1) is 23.5. The third-order valence-electron chi connectivity index (χ3n) is 7.51. The lowest BCUT2D eigenvalue weighted by atomic mass is 9.76. The predicted octanol–water partition coefficient (Wildman–Crippen LogP) is 2.68. The first-order valence-corrected chi connectivity index (χ1v) is 13.8. The van der Waals surface area contributed by atoms with Gasteiger partial charge in [-0.15, -0.1) is 0 Å². The number of piperidine rings is 1. The van der Waals surface area contributed by atoms with Gasteiger partial charge >= 0.3 is 5.97 Å². The van der Waals surface area contributed by atoms with Crippen LogP contribution >= 0.6 is 0 Å². The molecule has 3 aliphatic rings. The maximum Gasteiger partial charge on any atom is 0.312 e. The van der Waals surface area contributed by atoms with Gasteiger partial charge in [0.15, 0.2) is 0 Å². The van der Waals surface area contributed by atoms with Crippen molar-refractivity contribution in [1.29, 1.82) is 0 Å². The summed E-state index contributed by atoms with van der Waals surface area (Å²) in [6.07, 6.45) is 3.91. The number of ether oxygens (including phenoxy) is 1. The van der Waals surface area contributed by atoms with Crippen molar-refractivity contribution in [1.82, 2.24) is 9.21 Å². The molecule has 0 aliphatic carbocycles. The molecule has 0 bridgehead atoms. The molecule has 0 radical (unpaired) electrons. The third-order valence-corrected chi connectivity index (χ3v) is 8.82. The Morgan fingerprint density at radius 3 is 2.34 bits per heavy atom. The minimum Gasteiger partial charge on any atom is -0.462 e. The van der Waals surface area contributed by atoms with E-state index in [4.69, 9.17) is 4.74 Å². The highest BCUT2D eigenvalue weighted by atomic mass is 32.2. The van der Waals surface area contributed by atoms with Crippen molar-refractivity contribution in [3.05, 3.63) is 29.8 Å². The molecule has 1 aromatic carbocycles. The molecule has 8 heteroatoms. The lowest BCUT2D eigenvalue weighted by molar-refractivity contribution is -0.150. The second kappa shape index (κ2) is 9.31. The molecule has 0 aromatic heterocycles. The zero-order valence-electron chi connectivity index (χ0n) is 19.6. The molecular weight excluding hydrogens is 426 g/mol. The van der Waals surface area contributed by atoms with E-state index in [9.17, 15) is 13.2 Å². The summed E-state index contributed by atoms with van der Waals surface area (Å²) < 4.78 is 30.8. The fourth-order valence-corrected chi connectivity index (χ4v) is 6.30. The Bertz CT molecular complexity index is 917. The molecular formula is C24H37N3O4S. The fraction of sp³-hybridized carbons (Fsp3) is 0.708. The van der Waals surface area contributed by atoms with Gasteiger partial charge < -0.3 is 9.64 Å². The van der Waals surface area contributed by atoms with E-state index >= 15 is 0 Å². The van der Waals surface area contributed by atoms with Crippen molar-refractivity contribution in [3.8, 4) is 0 Å². The van der Waals surface area contributed by atoms with Gasteiger partial charge in [-0.2, -0.15) is 0 Å². The number of rotatable bonds is 6. The smallest absolute Gasteiger partial charge is 0.312 e. The lowest BCUT2D eigenvalue weighted by Gasteiger charge is -2.37. The highest BCUT2D eigenvalue weighted by molar-refractivity contribution is 7.88. The second-order valence-electron chi connectivity index (χ2n) is 10.0. The van der Waals surface area contributed by atoms with Crippen molar-refractivity contribution < 1.29 is 17.9 Å². The van der Waals surface area contributed by atoms with E-state index in [-0.39, 0.29) is 12.1 Å². The van der Waals surface area contributed by atoms with Crippen molar-refractivity contribution >= 4 is 21.7 Å². The SMILES string of the molecule is CC(C)c1ccccc1N1CCN(CC[C@@H]2CC3(CCN(S(C)(=O)=O)CC3)C(=O)O2)CC1. The molecule has 178 valence electrons. The molecule has 3 saturated heterocycles. The van der Waals surface area contributed by atoms with E-state index in [1.165, 1.54) is 21.8 Å². The van der Waals surface area contributed by atoms with Crippen LogP contribution in [-0.4, -0.2) is 81.8 Å². The molecule has 3 fully saturated rings. The topological polar surface area (TPSA) is 70.2 Å². The summed E-state index contributed by atoms with van der Waals surface area (Å²) in [5.41, 5.74) is 2.28. The van der Waals surface area contributed by atoms with Crippen LogP contribution in [0.1, 0.15) is 51.0 Å². The van der Waals surface area contributed by atoms with Crippen molar-refractivity contribution in [2.45, 2.75) is 51.6 Å². The summed E-state index contributed by atoms with van der Waals surface area (Å²) in [7, 11) is -3.19. The number of piperazine rings is 1. The number of hydrogen-bond donors (Lipinski definition) is 0. The molecule has 1 aromatic rings. The van der Waals surface area contributed by atoms with E-state index < -0.39 is 15.4 Å². The van der Waals surface area contributed by atoms with Crippen LogP contribution in [0.25, 0.3) is 0 Å². The number of nitrogens with zero attached hydrogens (tertiary/aromatic N) is 3. The molecule has 0 N–H and O–H groups in total.